The molecule has 2 unspecified atom stereocenters. The first-order chi connectivity index (χ1) is 9.95. The van der Waals surface area contributed by atoms with Gasteiger partial charge in [-0.3, -0.25) is 0 Å². The van der Waals surface area contributed by atoms with Gasteiger partial charge >= 0.3 is 6.03 Å². The van der Waals surface area contributed by atoms with Gasteiger partial charge in [-0.25, -0.2) is 4.79 Å². The highest BCUT2D eigenvalue weighted by molar-refractivity contribution is 5.74. The Labute approximate surface area is 125 Å². The predicted octanol–water partition coefficient (Wildman–Crippen LogP) is 1.55. The number of carbonyl (C=O) groups excluding carboxylic acids is 1. The number of nitrogens with one attached hydrogen (secondary N) is 1. The molecule has 1 saturated heterocycles. The fraction of sp³-hybridized carbons (Fsp3) is 0.786. The molecular weight excluding hydrogens is 272 g/mol. The number of aromatic nitrogens is 2. The highest BCUT2D eigenvalue weighted by atomic mass is 16.5. The molecule has 2 heterocycles. The van der Waals surface area contributed by atoms with Crippen LogP contribution in [0.4, 0.5) is 4.79 Å². The van der Waals surface area contributed by atoms with Crippen molar-refractivity contribution in [1.29, 1.82) is 0 Å². The third kappa shape index (κ3) is 4.42. The molecule has 0 bridgehead atoms. The largest absolute Gasteiger partial charge is 0.372 e. The smallest absolute Gasteiger partial charge is 0.317 e. The molecule has 1 aliphatic heterocycles. The minimum Gasteiger partial charge on any atom is -0.372 e. The van der Waals surface area contributed by atoms with Crippen molar-refractivity contribution in [2.24, 2.45) is 0 Å². The van der Waals surface area contributed by atoms with E-state index in [2.05, 4.69) is 15.5 Å². The molecule has 0 aromatic carbocycles. The molecule has 21 heavy (non-hydrogen) atoms. The quantitative estimate of drug-likeness (QED) is 0.912. The van der Waals surface area contributed by atoms with Crippen LogP contribution in [0.1, 0.15) is 45.3 Å². The molecule has 1 aliphatic rings. The van der Waals surface area contributed by atoms with Gasteiger partial charge in [-0.05, 0) is 13.8 Å². The number of amides is 2. The molecule has 1 aromatic heterocycles. The van der Waals surface area contributed by atoms with E-state index in [0.717, 1.165) is 0 Å². The van der Waals surface area contributed by atoms with Crippen LogP contribution in [0, 0.1) is 0 Å². The molecule has 0 spiro atoms. The van der Waals surface area contributed by atoms with Crippen LogP contribution in [-0.2, 0) is 11.2 Å². The van der Waals surface area contributed by atoms with Gasteiger partial charge in [0.2, 0.25) is 5.89 Å². The zero-order valence-corrected chi connectivity index (χ0v) is 13.1. The SMILES string of the molecule is CC1CN(C(=O)NCCc2nc(C(C)C)no2)CC(C)O1. The lowest BCUT2D eigenvalue weighted by molar-refractivity contribution is -0.0545. The van der Waals surface area contributed by atoms with Gasteiger partial charge in [-0.2, -0.15) is 4.98 Å². The van der Waals surface area contributed by atoms with Crippen LogP contribution < -0.4 is 5.32 Å². The number of ether oxygens (including phenoxy) is 1. The van der Waals surface area contributed by atoms with Crippen molar-refractivity contribution in [2.45, 2.75) is 52.2 Å². The lowest BCUT2D eigenvalue weighted by Gasteiger charge is -2.35. The number of hydrogen-bond donors (Lipinski definition) is 1. The van der Waals surface area contributed by atoms with Gasteiger partial charge < -0.3 is 19.5 Å². The Morgan fingerprint density at radius 1 is 1.38 bits per heavy atom. The van der Waals surface area contributed by atoms with Crippen molar-refractivity contribution in [3.05, 3.63) is 11.7 Å². The number of morpholine rings is 1. The highest BCUT2D eigenvalue weighted by Gasteiger charge is 2.25. The second-order valence-corrected chi connectivity index (χ2v) is 5.85. The van der Waals surface area contributed by atoms with Crippen molar-refractivity contribution >= 4 is 6.03 Å². The van der Waals surface area contributed by atoms with Crippen LogP contribution in [0.3, 0.4) is 0 Å². The van der Waals surface area contributed by atoms with Gasteiger partial charge in [0.25, 0.3) is 0 Å². The number of hydrogen-bond acceptors (Lipinski definition) is 5. The number of carbonyl (C=O) groups is 1. The monoisotopic (exact) mass is 296 g/mol. The van der Waals surface area contributed by atoms with Gasteiger partial charge in [-0.1, -0.05) is 19.0 Å². The van der Waals surface area contributed by atoms with Gasteiger partial charge in [-0.15, -0.1) is 0 Å². The molecular formula is C14H24N4O3. The van der Waals surface area contributed by atoms with Crippen molar-refractivity contribution < 1.29 is 14.1 Å². The minimum atomic E-state index is -0.0689. The van der Waals surface area contributed by atoms with Crippen LogP contribution in [0.25, 0.3) is 0 Å². The summed E-state index contributed by atoms with van der Waals surface area (Å²) in [5, 5.41) is 6.78. The summed E-state index contributed by atoms with van der Waals surface area (Å²) < 4.78 is 10.8. The van der Waals surface area contributed by atoms with E-state index < -0.39 is 0 Å². The van der Waals surface area contributed by atoms with E-state index in [4.69, 9.17) is 9.26 Å². The molecule has 2 rings (SSSR count). The van der Waals surface area contributed by atoms with Crippen LogP contribution >= 0.6 is 0 Å². The fourth-order valence-corrected chi connectivity index (χ4v) is 2.34. The van der Waals surface area contributed by atoms with Crippen molar-refractivity contribution in [3.63, 3.8) is 0 Å². The maximum Gasteiger partial charge on any atom is 0.317 e. The molecule has 118 valence electrons. The van der Waals surface area contributed by atoms with Gasteiger partial charge in [0.1, 0.15) is 0 Å². The zero-order chi connectivity index (χ0) is 15.4. The van der Waals surface area contributed by atoms with E-state index in [1.807, 2.05) is 27.7 Å². The summed E-state index contributed by atoms with van der Waals surface area (Å²) in [6, 6.07) is -0.0689. The van der Waals surface area contributed by atoms with E-state index >= 15 is 0 Å². The average Bonchev–Trinajstić information content (AvgIpc) is 2.86. The molecule has 1 aromatic rings. The third-order valence-corrected chi connectivity index (χ3v) is 3.32. The Balaban J connectivity index is 1.76. The normalized spacial score (nSPS) is 22.6. The molecule has 7 heteroatoms. The Morgan fingerprint density at radius 2 is 2.05 bits per heavy atom. The zero-order valence-electron chi connectivity index (χ0n) is 13.1. The highest BCUT2D eigenvalue weighted by Crippen LogP contribution is 2.11. The second kappa shape index (κ2) is 6.89. The van der Waals surface area contributed by atoms with Crippen LogP contribution in [0.15, 0.2) is 4.52 Å². The first kappa shape index (κ1) is 15.8. The van der Waals surface area contributed by atoms with Crippen LogP contribution in [0.2, 0.25) is 0 Å². The molecule has 7 nitrogen and oxygen atoms in total. The number of urea groups is 1. The molecule has 0 aliphatic carbocycles. The molecule has 0 saturated carbocycles. The third-order valence-electron chi connectivity index (χ3n) is 3.32. The Bertz CT molecular complexity index is 465. The fourth-order valence-electron chi connectivity index (χ4n) is 2.34. The summed E-state index contributed by atoms with van der Waals surface area (Å²) in [5.74, 6) is 1.50. The van der Waals surface area contributed by atoms with E-state index in [9.17, 15) is 4.79 Å². The standard InChI is InChI=1S/C14H24N4O3/c1-9(2)13-16-12(21-17-13)5-6-15-14(19)18-7-10(3)20-11(4)8-18/h9-11H,5-8H2,1-4H3,(H,15,19). The Morgan fingerprint density at radius 3 is 2.62 bits per heavy atom. The summed E-state index contributed by atoms with van der Waals surface area (Å²) in [6.45, 7) is 9.69. The first-order valence-electron chi connectivity index (χ1n) is 7.46. The maximum atomic E-state index is 12.1. The van der Waals surface area contributed by atoms with Gasteiger partial charge in [0.15, 0.2) is 5.82 Å². The predicted molar refractivity (Wildman–Crippen MR) is 77.1 cm³/mol. The lowest BCUT2D eigenvalue weighted by atomic mass is 10.2. The molecule has 1 N–H and O–H groups in total. The summed E-state index contributed by atoms with van der Waals surface area (Å²) in [4.78, 5) is 18.1. The molecule has 2 amide bonds. The lowest BCUT2D eigenvalue weighted by Crippen LogP contribution is -2.51. The van der Waals surface area contributed by atoms with E-state index in [1.165, 1.54) is 0 Å². The molecule has 2 atom stereocenters. The summed E-state index contributed by atoms with van der Waals surface area (Å²) in [5.41, 5.74) is 0. The topological polar surface area (TPSA) is 80.5 Å². The van der Waals surface area contributed by atoms with Crippen molar-refractivity contribution in [1.82, 2.24) is 20.4 Å². The average molecular weight is 296 g/mol. The van der Waals surface area contributed by atoms with Crippen LogP contribution in [-0.4, -0.2) is 52.9 Å². The van der Waals surface area contributed by atoms with E-state index in [1.54, 1.807) is 4.90 Å². The van der Waals surface area contributed by atoms with E-state index in [-0.39, 0.29) is 24.2 Å². The van der Waals surface area contributed by atoms with Gasteiger partial charge in [0.05, 0.1) is 12.2 Å². The second-order valence-electron chi connectivity index (χ2n) is 5.85. The first-order valence-corrected chi connectivity index (χ1v) is 7.46. The summed E-state index contributed by atoms with van der Waals surface area (Å²) >= 11 is 0. The number of rotatable bonds is 4. The summed E-state index contributed by atoms with van der Waals surface area (Å²) in [7, 11) is 0. The van der Waals surface area contributed by atoms with Crippen LogP contribution in [0.5, 0.6) is 0 Å². The Kier molecular flexibility index (Phi) is 5.17. The van der Waals surface area contributed by atoms with Crippen molar-refractivity contribution in [2.75, 3.05) is 19.6 Å². The minimum absolute atomic E-state index is 0.0689. The Hall–Kier alpha value is -1.63. The maximum absolute atomic E-state index is 12.1. The summed E-state index contributed by atoms with van der Waals surface area (Å²) in [6.07, 6.45) is 0.689. The number of nitrogens with zero attached hydrogens (tertiary/aromatic N) is 3. The molecule has 0 radical (unpaired) electrons. The van der Waals surface area contributed by atoms with Gasteiger partial charge in [0, 0.05) is 32.0 Å². The molecule has 1 fully saturated rings. The van der Waals surface area contributed by atoms with Crippen molar-refractivity contribution in [3.8, 4) is 0 Å². The van der Waals surface area contributed by atoms with E-state index in [0.29, 0.717) is 37.8 Å².